The molecule has 6 heteroatoms. The Kier molecular flexibility index (Phi) is 6.77. The maximum atomic E-state index is 12.3. The minimum absolute atomic E-state index is 0.0943. The van der Waals surface area contributed by atoms with Crippen molar-refractivity contribution in [1.82, 2.24) is 10.6 Å². The van der Waals surface area contributed by atoms with Gasteiger partial charge in [-0.25, -0.2) is 0 Å². The van der Waals surface area contributed by atoms with Gasteiger partial charge in [-0.15, -0.1) is 0 Å². The minimum Gasteiger partial charge on any atom is -0.497 e. The first-order chi connectivity index (χ1) is 12.0. The molecule has 2 rings (SSSR count). The second-order valence-corrected chi connectivity index (χ2v) is 5.81. The van der Waals surface area contributed by atoms with E-state index in [1.807, 2.05) is 43.3 Å². The first-order valence-corrected chi connectivity index (χ1v) is 8.28. The van der Waals surface area contributed by atoms with E-state index in [1.165, 1.54) is 0 Å². The molecule has 0 heterocycles. The SMILES string of the molecule is COc1ccc2cc([C@H](C)C(=O)NCCC(=O)NCCO)ccc2c1. The van der Waals surface area contributed by atoms with Gasteiger partial charge in [-0.3, -0.25) is 9.59 Å². The largest absolute Gasteiger partial charge is 0.497 e. The predicted molar refractivity (Wildman–Crippen MR) is 96.6 cm³/mol. The van der Waals surface area contributed by atoms with E-state index in [2.05, 4.69) is 10.6 Å². The zero-order chi connectivity index (χ0) is 18.2. The Labute approximate surface area is 147 Å². The van der Waals surface area contributed by atoms with Gasteiger partial charge in [0.15, 0.2) is 0 Å². The van der Waals surface area contributed by atoms with Gasteiger partial charge >= 0.3 is 0 Å². The summed E-state index contributed by atoms with van der Waals surface area (Å²) in [6.45, 7) is 2.24. The number of amides is 2. The molecule has 25 heavy (non-hydrogen) atoms. The van der Waals surface area contributed by atoms with Crippen molar-refractivity contribution in [2.45, 2.75) is 19.3 Å². The molecule has 0 aliphatic carbocycles. The van der Waals surface area contributed by atoms with E-state index in [0.717, 1.165) is 22.1 Å². The number of hydrogen-bond acceptors (Lipinski definition) is 4. The zero-order valence-corrected chi connectivity index (χ0v) is 14.5. The Morgan fingerprint density at radius 1 is 1.08 bits per heavy atom. The van der Waals surface area contributed by atoms with Gasteiger partial charge < -0.3 is 20.5 Å². The zero-order valence-electron chi connectivity index (χ0n) is 14.5. The molecule has 0 aliphatic rings. The van der Waals surface area contributed by atoms with Crippen LogP contribution in [-0.2, 0) is 9.59 Å². The normalized spacial score (nSPS) is 11.8. The third-order valence-corrected chi connectivity index (χ3v) is 4.05. The number of hydrogen-bond donors (Lipinski definition) is 3. The summed E-state index contributed by atoms with van der Waals surface area (Å²) in [6.07, 6.45) is 0.190. The van der Waals surface area contributed by atoms with Crippen LogP contribution in [0.1, 0.15) is 24.8 Å². The molecule has 0 aliphatic heterocycles. The summed E-state index contributed by atoms with van der Waals surface area (Å²) >= 11 is 0. The Bertz CT molecular complexity index is 745. The molecule has 0 fully saturated rings. The fourth-order valence-corrected chi connectivity index (χ4v) is 2.53. The van der Waals surface area contributed by atoms with Gasteiger partial charge in [0.1, 0.15) is 5.75 Å². The number of aliphatic hydroxyl groups excluding tert-OH is 1. The number of ether oxygens (including phenoxy) is 1. The van der Waals surface area contributed by atoms with Crippen LogP contribution in [-0.4, -0.2) is 43.7 Å². The lowest BCUT2D eigenvalue weighted by atomic mass is 9.97. The minimum atomic E-state index is -0.313. The van der Waals surface area contributed by atoms with Crippen molar-refractivity contribution in [1.29, 1.82) is 0 Å². The summed E-state index contributed by atoms with van der Waals surface area (Å²) in [6, 6.07) is 11.7. The van der Waals surface area contributed by atoms with Crippen LogP contribution in [0.15, 0.2) is 36.4 Å². The number of fused-ring (bicyclic) bond motifs is 1. The molecule has 0 saturated heterocycles. The van der Waals surface area contributed by atoms with Crippen LogP contribution >= 0.6 is 0 Å². The lowest BCUT2D eigenvalue weighted by Crippen LogP contribution is -2.33. The Balaban J connectivity index is 1.94. The molecule has 0 unspecified atom stereocenters. The van der Waals surface area contributed by atoms with Crippen molar-refractivity contribution in [3.63, 3.8) is 0 Å². The monoisotopic (exact) mass is 344 g/mol. The van der Waals surface area contributed by atoms with Gasteiger partial charge in [-0.2, -0.15) is 0 Å². The van der Waals surface area contributed by atoms with Gasteiger partial charge in [-0.1, -0.05) is 24.3 Å². The molecule has 3 N–H and O–H groups in total. The lowest BCUT2D eigenvalue weighted by Gasteiger charge is -2.13. The maximum absolute atomic E-state index is 12.3. The number of benzene rings is 2. The second-order valence-electron chi connectivity index (χ2n) is 5.81. The third-order valence-electron chi connectivity index (χ3n) is 4.05. The van der Waals surface area contributed by atoms with Crippen LogP contribution in [0.25, 0.3) is 10.8 Å². The van der Waals surface area contributed by atoms with Gasteiger partial charge in [0, 0.05) is 19.5 Å². The fraction of sp³-hybridized carbons (Fsp3) is 0.368. The number of nitrogens with one attached hydrogen (secondary N) is 2. The molecule has 1 atom stereocenters. The summed E-state index contributed by atoms with van der Waals surface area (Å²) in [5.41, 5.74) is 0.917. The molecule has 0 spiro atoms. The Morgan fingerprint density at radius 3 is 2.52 bits per heavy atom. The van der Waals surface area contributed by atoms with E-state index in [0.29, 0.717) is 0 Å². The molecule has 0 aromatic heterocycles. The van der Waals surface area contributed by atoms with Gasteiger partial charge in [0.05, 0.1) is 19.6 Å². The summed E-state index contributed by atoms with van der Waals surface area (Å²) < 4.78 is 5.22. The van der Waals surface area contributed by atoms with Crippen LogP contribution in [0, 0.1) is 0 Å². The average Bonchev–Trinajstić information content (AvgIpc) is 2.64. The predicted octanol–water partition coefficient (Wildman–Crippen LogP) is 1.57. The first kappa shape index (κ1) is 18.7. The lowest BCUT2D eigenvalue weighted by molar-refractivity contribution is -0.123. The summed E-state index contributed by atoms with van der Waals surface area (Å²) in [5.74, 6) is 0.169. The van der Waals surface area contributed by atoms with E-state index in [1.54, 1.807) is 7.11 Å². The highest BCUT2D eigenvalue weighted by molar-refractivity contribution is 5.88. The van der Waals surface area contributed by atoms with Crippen LogP contribution in [0.2, 0.25) is 0 Å². The van der Waals surface area contributed by atoms with Crippen molar-refractivity contribution >= 4 is 22.6 Å². The summed E-state index contributed by atoms with van der Waals surface area (Å²) in [5, 5.41) is 16.1. The number of carbonyl (C=O) groups excluding carboxylic acids is 2. The molecule has 2 amide bonds. The number of methoxy groups -OCH3 is 1. The van der Waals surface area contributed by atoms with Crippen molar-refractivity contribution in [2.75, 3.05) is 26.8 Å². The summed E-state index contributed by atoms with van der Waals surface area (Å²) in [7, 11) is 1.63. The van der Waals surface area contributed by atoms with E-state index < -0.39 is 0 Å². The fourth-order valence-electron chi connectivity index (χ4n) is 2.53. The van der Waals surface area contributed by atoms with E-state index in [4.69, 9.17) is 9.84 Å². The van der Waals surface area contributed by atoms with Crippen molar-refractivity contribution < 1.29 is 19.4 Å². The number of aliphatic hydroxyl groups is 1. The average molecular weight is 344 g/mol. The number of carbonyl (C=O) groups is 2. The van der Waals surface area contributed by atoms with Gasteiger partial charge in [0.25, 0.3) is 0 Å². The molecule has 0 radical (unpaired) electrons. The van der Waals surface area contributed by atoms with E-state index >= 15 is 0 Å². The van der Waals surface area contributed by atoms with E-state index in [-0.39, 0.29) is 43.8 Å². The molecular formula is C19H24N2O4. The Hall–Kier alpha value is -2.60. The highest BCUT2D eigenvalue weighted by Gasteiger charge is 2.15. The Morgan fingerprint density at radius 2 is 1.80 bits per heavy atom. The van der Waals surface area contributed by atoms with Crippen LogP contribution in [0.4, 0.5) is 0 Å². The highest BCUT2D eigenvalue weighted by atomic mass is 16.5. The van der Waals surface area contributed by atoms with Crippen molar-refractivity contribution in [3.05, 3.63) is 42.0 Å². The van der Waals surface area contributed by atoms with Gasteiger partial charge in [-0.05, 0) is 35.4 Å². The number of rotatable bonds is 8. The molecule has 134 valence electrons. The van der Waals surface area contributed by atoms with Crippen LogP contribution < -0.4 is 15.4 Å². The summed E-state index contributed by atoms with van der Waals surface area (Å²) in [4.78, 5) is 23.7. The molecule has 0 saturated carbocycles. The second kappa shape index (κ2) is 9.03. The third kappa shape index (κ3) is 5.19. The molecule has 0 bridgehead atoms. The topological polar surface area (TPSA) is 87.7 Å². The van der Waals surface area contributed by atoms with Gasteiger partial charge in [0.2, 0.25) is 11.8 Å². The molecular weight excluding hydrogens is 320 g/mol. The maximum Gasteiger partial charge on any atom is 0.227 e. The van der Waals surface area contributed by atoms with Crippen molar-refractivity contribution in [3.8, 4) is 5.75 Å². The van der Waals surface area contributed by atoms with Crippen LogP contribution in [0.3, 0.4) is 0 Å². The van der Waals surface area contributed by atoms with E-state index in [9.17, 15) is 9.59 Å². The van der Waals surface area contributed by atoms with Crippen LogP contribution in [0.5, 0.6) is 5.75 Å². The standard InChI is InChI=1S/C19H24N2O4/c1-13(19(24)21-8-7-18(23)20-9-10-22)14-3-4-16-12-17(25-2)6-5-15(16)11-14/h3-6,11-13,22H,7-10H2,1-2H3,(H,20,23)(H,21,24)/t13-/m0/s1. The molecule has 6 nitrogen and oxygen atoms in total. The molecule has 2 aromatic carbocycles. The molecule has 2 aromatic rings. The van der Waals surface area contributed by atoms with Crippen molar-refractivity contribution in [2.24, 2.45) is 0 Å². The quantitative estimate of drug-likeness (QED) is 0.678. The highest BCUT2D eigenvalue weighted by Crippen LogP contribution is 2.25. The smallest absolute Gasteiger partial charge is 0.227 e. The first-order valence-electron chi connectivity index (χ1n) is 8.28.